The summed E-state index contributed by atoms with van der Waals surface area (Å²) in [6, 6.07) is 7.53. The topological polar surface area (TPSA) is 78.5 Å². The van der Waals surface area contributed by atoms with Crippen molar-refractivity contribution in [2.24, 2.45) is 0 Å². The highest BCUT2D eigenvalue weighted by Crippen LogP contribution is 2.42. The van der Waals surface area contributed by atoms with Gasteiger partial charge in [0.15, 0.2) is 5.82 Å². The summed E-state index contributed by atoms with van der Waals surface area (Å²) >= 11 is 0. The summed E-state index contributed by atoms with van der Waals surface area (Å²) in [4.78, 5) is 22.3. The van der Waals surface area contributed by atoms with Crippen LogP contribution < -0.4 is 0 Å². The Hall–Kier alpha value is -1.92. The van der Waals surface area contributed by atoms with Crippen LogP contribution in [0.25, 0.3) is 11.0 Å². The van der Waals surface area contributed by atoms with Crippen molar-refractivity contribution < 1.29 is 14.6 Å². The molecule has 2 heterocycles. The van der Waals surface area contributed by atoms with E-state index >= 15 is 0 Å². The molecule has 1 saturated heterocycles. The molecule has 1 aromatic carbocycles. The molecule has 2 aromatic rings. The van der Waals surface area contributed by atoms with Gasteiger partial charge in [-0.2, -0.15) is 0 Å². The molecule has 0 spiro atoms. The zero-order valence-electron chi connectivity index (χ0n) is 13.2. The summed E-state index contributed by atoms with van der Waals surface area (Å²) in [5.41, 5.74) is 1.33. The standard InChI is InChI=1S/C17H21N3O3/c1-23-17-7-6-11(21)10-14(17)20(9-8-17)16(22)15-18-12-4-2-3-5-13(12)19-15/h2-5,11,14,21H,6-10H2,1H3,(H,18,19)/t11-,14+,17-/m1/s1. The fourth-order valence-corrected chi connectivity index (χ4v) is 4.11. The molecule has 0 radical (unpaired) electrons. The number of benzene rings is 1. The lowest BCUT2D eigenvalue weighted by Crippen LogP contribution is -2.52. The normalized spacial score (nSPS) is 30.6. The Morgan fingerprint density at radius 1 is 1.43 bits per heavy atom. The molecule has 1 aliphatic heterocycles. The number of H-pyrrole nitrogens is 1. The number of imidazole rings is 1. The zero-order valence-corrected chi connectivity index (χ0v) is 13.2. The van der Waals surface area contributed by atoms with Crippen LogP contribution in [0.3, 0.4) is 0 Å². The van der Waals surface area contributed by atoms with Gasteiger partial charge in [0.05, 0.1) is 28.8 Å². The first-order valence-corrected chi connectivity index (χ1v) is 8.12. The van der Waals surface area contributed by atoms with Crippen LogP contribution in [0.2, 0.25) is 0 Å². The van der Waals surface area contributed by atoms with Gasteiger partial charge in [-0.05, 0) is 37.8 Å². The molecule has 1 aromatic heterocycles. The molecule has 1 saturated carbocycles. The van der Waals surface area contributed by atoms with Gasteiger partial charge in [-0.15, -0.1) is 0 Å². The summed E-state index contributed by atoms with van der Waals surface area (Å²) in [5.74, 6) is 0.248. The van der Waals surface area contributed by atoms with Crippen LogP contribution in [-0.4, -0.2) is 57.3 Å². The number of likely N-dealkylation sites (tertiary alicyclic amines) is 1. The Kier molecular flexibility index (Phi) is 3.39. The van der Waals surface area contributed by atoms with E-state index in [1.54, 1.807) is 7.11 Å². The average molecular weight is 315 g/mol. The number of methoxy groups -OCH3 is 1. The number of rotatable bonds is 2. The highest BCUT2D eigenvalue weighted by Gasteiger charge is 2.52. The van der Waals surface area contributed by atoms with Crippen LogP contribution >= 0.6 is 0 Å². The van der Waals surface area contributed by atoms with E-state index in [0.717, 1.165) is 30.3 Å². The number of nitrogens with one attached hydrogen (secondary N) is 1. The van der Waals surface area contributed by atoms with Gasteiger partial charge in [-0.1, -0.05) is 12.1 Å². The minimum Gasteiger partial charge on any atom is -0.393 e. The number of ether oxygens (including phenoxy) is 1. The quantitative estimate of drug-likeness (QED) is 0.884. The Bertz CT molecular complexity index is 711. The number of hydrogen-bond acceptors (Lipinski definition) is 4. The van der Waals surface area contributed by atoms with E-state index in [2.05, 4.69) is 9.97 Å². The van der Waals surface area contributed by atoms with E-state index in [1.165, 1.54) is 0 Å². The maximum absolute atomic E-state index is 12.9. The van der Waals surface area contributed by atoms with E-state index in [-0.39, 0.29) is 23.7 Å². The Labute approximate surface area is 134 Å². The molecular weight excluding hydrogens is 294 g/mol. The molecule has 6 nitrogen and oxygen atoms in total. The molecule has 23 heavy (non-hydrogen) atoms. The van der Waals surface area contributed by atoms with Gasteiger partial charge in [0.25, 0.3) is 5.91 Å². The molecule has 3 atom stereocenters. The van der Waals surface area contributed by atoms with Crippen LogP contribution in [0.5, 0.6) is 0 Å². The Morgan fingerprint density at radius 3 is 3.04 bits per heavy atom. The number of aromatic amines is 1. The van der Waals surface area contributed by atoms with E-state index in [4.69, 9.17) is 4.74 Å². The third-order valence-corrected chi connectivity index (χ3v) is 5.41. The van der Waals surface area contributed by atoms with Crippen LogP contribution in [0.15, 0.2) is 24.3 Å². The molecule has 122 valence electrons. The third kappa shape index (κ3) is 2.24. The van der Waals surface area contributed by atoms with Gasteiger partial charge in [0, 0.05) is 13.7 Å². The van der Waals surface area contributed by atoms with Crippen LogP contribution in [0, 0.1) is 0 Å². The molecule has 1 amide bonds. The first-order valence-electron chi connectivity index (χ1n) is 8.12. The number of aromatic nitrogens is 2. The molecule has 0 unspecified atom stereocenters. The second-order valence-corrected chi connectivity index (χ2v) is 6.56. The summed E-state index contributed by atoms with van der Waals surface area (Å²) < 4.78 is 5.79. The van der Waals surface area contributed by atoms with Crippen molar-refractivity contribution in [3.63, 3.8) is 0 Å². The maximum atomic E-state index is 12.9. The predicted molar refractivity (Wildman–Crippen MR) is 85.1 cm³/mol. The van der Waals surface area contributed by atoms with Crippen molar-refractivity contribution in [3.05, 3.63) is 30.1 Å². The number of carbonyl (C=O) groups excluding carboxylic acids is 1. The fraction of sp³-hybridized carbons (Fsp3) is 0.529. The van der Waals surface area contributed by atoms with Crippen molar-refractivity contribution in [1.29, 1.82) is 0 Å². The molecule has 4 rings (SSSR count). The van der Waals surface area contributed by atoms with Crippen LogP contribution in [0.4, 0.5) is 0 Å². The smallest absolute Gasteiger partial charge is 0.290 e. The van der Waals surface area contributed by atoms with E-state index in [9.17, 15) is 9.90 Å². The number of aliphatic hydroxyl groups excluding tert-OH is 1. The van der Waals surface area contributed by atoms with Gasteiger partial charge >= 0.3 is 0 Å². The average Bonchev–Trinajstić information content (AvgIpc) is 3.16. The van der Waals surface area contributed by atoms with Crippen molar-refractivity contribution in [2.75, 3.05) is 13.7 Å². The molecule has 2 N–H and O–H groups in total. The minimum atomic E-state index is -0.368. The number of aliphatic hydroxyl groups is 1. The summed E-state index contributed by atoms with van der Waals surface area (Å²) in [6.45, 7) is 0.640. The minimum absolute atomic E-state index is 0.0861. The molecule has 6 heteroatoms. The molecule has 2 fully saturated rings. The lowest BCUT2D eigenvalue weighted by Gasteiger charge is -2.42. The third-order valence-electron chi connectivity index (χ3n) is 5.41. The number of fused-ring (bicyclic) bond motifs is 2. The fourth-order valence-electron chi connectivity index (χ4n) is 4.11. The Morgan fingerprint density at radius 2 is 2.26 bits per heavy atom. The van der Waals surface area contributed by atoms with Crippen LogP contribution in [0.1, 0.15) is 36.3 Å². The van der Waals surface area contributed by atoms with Gasteiger partial charge < -0.3 is 19.7 Å². The molecule has 0 bridgehead atoms. The highest BCUT2D eigenvalue weighted by atomic mass is 16.5. The largest absolute Gasteiger partial charge is 0.393 e. The number of amides is 1. The summed E-state index contributed by atoms with van der Waals surface area (Å²) in [7, 11) is 1.71. The Balaban J connectivity index is 1.65. The number of carbonyl (C=O) groups is 1. The van der Waals surface area contributed by atoms with Gasteiger partial charge in [-0.25, -0.2) is 4.98 Å². The van der Waals surface area contributed by atoms with Crippen molar-refractivity contribution >= 4 is 16.9 Å². The van der Waals surface area contributed by atoms with Crippen molar-refractivity contribution in [1.82, 2.24) is 14.9 Å². The van der Waals surface area contributed by atoms with E-state index in [1.807, 2.05) is 29.2 Å². The van der Waals surface area contributed by atoms with Gasteiger partial charge in [0.2, 0.25) is 0 Å². The van der Waals surface area contributed by atoms with E-state index < -0.39 is 0 Å². The van der Waals surface area contributed by atoms with E-state index in [0.29, 0.717) is 18.8 Å². The van der Waals surface area contributed by atoms with Crippen molar-refractivity contribution in [2.45, 2.75) is 43.4 Å². The van der Waals surface area contributed by atoms with Crippen molar-refractivity contribution in [3.8, 4) is 0 Å². The molecule has 2 aliphatic rings. The maximum Gasteiger partial charge on any atom is 0.290 e. The number of nitrogens with zero attached hydrogens (tertiary/aromatic N) is 2. The zero-order chi connectivity index (χ0) is 16.0. The first kappa shape index (κ1) is 14.7. The monoisotopic (exact) mass is 315 g/mol. The lowest BCUT2D eigenvalue weighted by atomic mass is 9.79. The SMILES string of the molecule is CO[C@@]12CC[C@@H](O)C[C@@H]1N(C(=O)c1nc3ccccc3[nH]1)CC2. The predicted octanol–water partition coefficient (Wildman–Crippen LogP) is 1.71. The number of hydrogen-bond donors (Lipinski definition) is 2. The number of para-hydroxylation sites is 2. The molecule has 1 aliphatic carbocycles. The molecular formula is C17H21N3O3. The second kappa shape index (κ2) is 5.32. The highest BCUT2D eigenvalue weighted by molar-refractivity contribution is 5.94. The van der Waals surface area contributed by atoms with Crippen LogP contribution in [-0.2, 0) is 4.74 Å². The van der Waals surface area contributed by atoms with Gasteiger partial charge in [-0.3, -0.25) is 4.79 Å². The van der Waals surface area contributed by atoms with Gasteiger partial charge in [0.1, 0.15) is 0 Å². The second-order valence-electron chi connectivity index (χ2n) is 6.56. The summed E-state index contributed by atoms with van der Waals surface area (Å²) in [6.07, 6.45) is 2.54. The first-order chi connectivity index (χ1) is 11.1. The summed E-state index contributed by atoms with van der Waals surface area (Å²) in [5, 5.41) is 10.0. The lowest BCUT2D eigenvalue weighted by molar-refractivity contribution is -0.0825.